The molecule has 1 unspecified atom stereocenters. The van der Waals surface area contributed by atoms with E-state index in [9.17, 15) is 0 Å². The van der Waals surface area contributed by atoms with Crippen molar-refractivity contribution in [3.8, 4) is 0 Å². The van der Waals surface area contributed by atoms with E-state index in [1.165, 1.54) is 27.5 Å². The predicted octanol–water partition coefficient (Wildman–Crippen LogP) is 5.64. The number of hydrogen-bond donors (Lipinski definition) is 0. The Morgan fingerprint density at radius 3 is 2.38 bits per heavy atom. The summed E-state index contributed by atoms with van der Waals surface area (Å²) in [5.74, 6) is 0.336. The van der Waals surface area contributed by atoms with Crippen LogP contribution in [0.4, 0.5) is 0 Å². The second-order valence-electron chi connectivity index (χ2n) is 5.50. The zero-order valence-corrected chi connectivity index (χ0v) is 11.8. The molecular formula is C21H16. The molecule has 0 spiro atoms. The van der Waals surface area contributed by atoms with Gasteiger partial charge in [-0.3, -0.25) is 0 Å². The van der Waals surface area contributed by atoms with Crippen LogP contribution in [0.25, 0.3) is 22.9 Å². The van der Waals surface area contributed by atoms with E-state index in [0.717, 1.165) is 5.56 Å². The lowest BCUT2D eigenvalue weighted by Gasteiger charge is -2.22. The van der Waals surface area contributed by atoms with Gasteiger partial charge in [-0.05, 0) is 33.0 Å². The predicted molar refractivity (Wildman–Crippen MR) is 91.4 cm³/mol. The SMILES string of the molecule is C=Cc1ccc(C2C=Cc3cccc4cccc2c34)cc1. The van der Waals surface area contributed by atoms with Gasteiger partial charge >= 0.3 is 0 Å². The molecule has 3 aromatic rings. The largest absolute Gasteiger partial charge is 0.0985 e. The van der Waals surface area contributed by atoms with Crippen LogP contribution in [0.1, 0.15) is 28.2 Å². The van der Waals surface area contributed by atoms with Crippen LogP contribution in [-0.2, 0) is 0 Å². The Hall–Kier alpha value is -2.60. The molecule has 0 amide bonds. The van der Waals surface area contributed by atoms with E-state index >= 15 is 0 Å². The van der Waals surface area contributed by atoms with Crippen molar-refractivity contribution in [2.75, 3.05) is 0 Å². The zero-order valence-electron chi connectivity index (χ0n) is 11.8. The average molecular weight is 268 g/mol. The average Bonchev–Trinajstić information content (AvgIpc) is 2.56. The summed E-state index contributed by atoms with van der Waals surface area (Å²) < 4.78 is 0. The summed E-state index contributed by atoms with van der Waals surface area (Å²) in [5, 5.41) is 2.71. The van der Waals surface area contributed by atoms with Gasteiger partial charge in [-0.25, -0.2) is 0 Å². The van der Waals surface area contributed by atoms with E-state index in [2.05, 4.69) is 79.4 Å². The highest BCUT2D eigenvalue weighted by Crippen LogP contribution is 2.38. The highest BCUT2D eigenvalue weighted by atomic mass is 14.2. The first kappa shape index (κ1) is 12.2. The molecule has 4 rings (SSSR count). The smallest absolute Gasteiger partial charge is 0.0279 e. The normalized spacial score (nSPS) is 16.1. The van der Waals surface area contributed by atoms with E-state index in [1.54, 1.807) is 0 Å². The molecule has 0 bridgehead atoms. The van der Waals surface area contributed by atoms with Gasteiger partial charge in [-0.1, -0.05) is 85.5 Å². The Morgan fingerprint density at radius 2 is 1.62 bits per heavy atom. The summed E-state index contributed by atoms with van der Waals surface area (Å²) in [6, 6.07) is 21.8. The molecule has 0 fully saturated rings. The van der Waals surface area contributed by atoms with Crippen molar-refractivity contribution >= 4 is 22.9 Å². The molecule has 1 aliphatic rings. The first-order valence-corrected chi connectivity index (χ1v) is 7.29. The third-order valence-corrected chi connectivity index (χ3v) is 4.30. The molecule has 0 heteroatoms. The van der Waals surface area contributed by atoms with Crippen molar-refractivity contribution in [2.45, 2.75) is 5.92 Å². The van der Waals surface area contributed by atoms with Crippen LogP contribution in [-0.4, -0.2) is 0 Å². The van der Waals surface area contributed by atoms with Gasteiger partial charge in [0.15, 0.2) is 0 Å². The molecule has 0 heterocycles. The van der Waals surface area contributed by atoms with Crippen molar-refractivity contribution in [1.29, 1.82) is 0 Å². The van der Waals surface area contributed by atoms with E-state index in [4.69, 9.17) is 0 Å². The molecule has 1 atom stereocenters. The topological polar surface area (TPSA) is 0 Å². The van der Waals surface area contributed by atoms with Crippen LogP contribution in [0.2, 0.25) is 0 Å². The fourth-order valence-electron chi connectivity index (χ4n) is 3.23. The van der Waals surface area contributed by atoms with Gasteiger partial charge in [-0.2, -0.15) is 0 Å². The molecule has 3 aromatic carbocycles. The molecule has 0 aliphatic heterocycles. The second kappa shape index (κ2) is 4.75. The number of rotatable bonds is 2. The third kappa shape index (κ3) is 1.92. The van der Waals surface area contributed by atoms with Gasteiger partial charge < -0.3 is 0 Å². The second-order valence-corrected chi connectivity index (χ2v) is 5.50. The Balaban J connectivity index is 1.91. The fourth-order valence-corrected chi connectivity index (χ4v) is 3.23. The van der Waals surface area contributed by atoms with Gasteiger partial charge in [-0.15, -0.1) is 0 Å². The summed E-state index contributed by atoms with van der Waals surface area (Å²) >= 11 is 0. The third-order valence-electron chi connectivity index (χ3n) is 4.30. The molecule has 100 valence electrons. The van der Waals surface area contributed by atoms with E-state index in [-0.39, 0.29) is 0 Å². The maximum Gasteiger partial charge on any atom is 0.0279 e. The first-order valence-electron chi connectivity index (χ1n) is 7.29. The highest BCUT2D eigenvalue weighted by Gasteiger charge is 2.18. The van der Waals surface area contributed by atoms with Crippen LogP contribution in [0, 0.1) is 0 Å². The van der Waals surface area contributed by atoms with Gasteiger partial charge in [0.05, 0.1) is 0 Å². The maximum absolute atomic E-state index is 3.82. The molecule has 0 saturated heterocycles. The molecule has 0 saturated carbocycles. The lowest BCUT2D eigenvalue weighted by atomic mass is 9.82. The molecule has 0 N–H and O–H groups in total. The van der Waals surface area contributed by atoms with Crippen LogP contribution in [0.3, 0.4) is 0 Å². The summed E-state index contributed by atoms with van der Waals surface area (Å²) in [7, 11) is 0. The standard InChI is InChI=1S/C21H16/c1-2-15-9-11-16(12-10-15)19-14-13-18-6-3-5-17-7-4-8-20(19)21(17)18/h2-14,19H,1H2. The van der Waals surface area contributed by atoms with Gasteiger partial charge in [0.1, 0.15) is 0 Å². The lowest BCUT2D eigenvalue weighted by molar-refractivity contribution is 1.04. The van der Waals surface area contributed by atoms with E-state index < -0.39 is 0 Å². The minimum Gasteiger partial charge on any atom is -0.0985 e. The summed E-state index contributed by atoms with van der Waals surface area (Å²) in [6.45, 7) is 3.82. The maximum atomic E-state index is 3.82. The number of benzene rings is 3. The first-order chi connectivity index (χ1) is 10.4. The Kier molecular flexibility index (Phi) is 2.75. The molecule has 0 aromatic heterocycles. The summed E-state index contributed by atoms with van der Waals surface area (Å²) in [5.41, 5.74) is 5.22. The van der Waals surface area contributed by atoms with Crippen LogP contribution < -0.4 is 0 Å². The minimum atomic E-state index is 0.336. The van der Waals surface area contributed by atoms with Crippen LogP contribution in [0.5, 0.6) is 0 Å². The van der Waals surface area contributed by atoms with Crippen LogP contribution >= 0.6 is 0 Å². The Morgan fingerprint density at radius 1 is 0.857 bits per heavy atom. The van der Waals surface area contributed by atoms with E-state index in [0.29, 0.717) is 5.92 Å². The molecule has 0 nitrogen and oxygen atoms in total. The van der Waals surface area contributed by atoms with Crippen molar-refractivity contribution < 1.29 is 0 Å². The lowest BCUT2D eigenvalue weighted by Crippen LogP contribution is -2.03. The summed E-state index contributed by atoms with van der Waals surface area (Å²) in [4.78, 5) is 0. The van der Waals surface area contributed by atoms with Crippen molar-refractivity contribution in [3.05, 3.63) is 95.6 Å². The summed E-state index contributed by atoms with van der Waals surface area (Å²) in [6.07, 6.45) is 6.44. The minimum absolute atomic E-state index is 0.336. The van der Waals surface area contributed by atoms with Crippen molar-refractivity contribution in [3.63, 3.8) is 0 Å². The van der Waals surface area contributed by atoms with Crippen LogP contribution in [0.15, 0.2) is 73.3 Å². The van der Waals surface area contributed by atoms with Crippen molar-refractivity contribution in [1.82, 2.24) is 0 Å². The van der Waals surface area contributed by atoms with Gasteiger partial charge in [0.25, 0.3) is 0 Å². The molecular weight excluding hydrogens is 252 g/mol. The Labute approximate surface area is 125 Å². The number of allylic oxidation sites excluding steroid dienone is 1. The number of hydrogen-bond acceptors (Lipinski definition) is 0. The van der Waals surface area contributed by atoms with E-state index in [1.807, 2.05) is 6.08 Å². The molecule has 1 aliphatic carbocycles. The van der Waals surface area contributed by atoms with Gasteiger partial charge in [0, 0.05) is 5.92 Å². The van der Waals surface area contributed by atoms with Gasteiger partial charge in [0.2, 0.25) is 0 Å². The quantitative estimate of drug-likeness (QED) is 0.564. The monoisotopic (exact) mass is 268 g/mol. The molecule has 21 heavy (non-hydrogen) atoms. The molecule has 0 radical (unpaired) electrons. The Bertz CT molecular complexity index is 846. The fraction of sp³-hybridized carbons (Fsp3) is 0.0476. The highest BCUT2D eigenvalue weighted by molar-refractivity contribution is 5.96. The zero-order chi connectivity index (χ0) is 14.2. The van der Waals surface area contributed by atoms with Crippen molar-refractivity contribution in [2.24, 2.45) is 0 Å².